The van der Waals surface area contributed by atoms with Gasteiger partial charge in [0.25, 0.3) is 0 Å². The number of hydrogen-bond donors (Lipinski definition) is 1. The first-order valence-corrected chi connectivity index (χ1v) is 10.6. The van der Waals surface area contributed by atoms with E-state index in [2.05, 4.69) is 18.3 Å². The molecule has 0 aromatic heterocycles. The highest BCUT2D eigenvalue weighted by Gasteiger charge is 2.37. The summed E-state index contributed by atoms with van der Waals surface area (Å²) in [5.41, 5.74) is 3.95. The van der Waals surface area contributed by atoms with Gasteiger partial charge in [0.2, 0.25) is 11.8 Å². The van der Waals surface area contributed by atoms with Crippen molar-refractivity contribution >= 4 is 34.7 Å². The number of allylic oxidation sites excluding steroid dienone is 1. The zero-order valence-electron chi connectivity index (χ0n) is 17.3. The van der Waals surface area contributed by atoms with Gasteiger partial charge in [0.05, 0.1) is 0 Å². The molecule has 1 unspecified atom stereocenters. The van der Waals surface area contributed by atoms with Crippen molar-refractivity contribution in [3.05, 3.63) is 70.5 Å². The Morgan fingerprint density at radius 1 is 1.27 bits per heavy atom. The van der Waals surface area contributed by atoms with Crippen LogP contribution < -0.4 is 10.2 Å². The standard InChI is InChI=1S/C24H26ClFN2O2/c1-3-4-17(22-15-18(25)6-5-16(22)2)11-13-27-23(29)21-12-14-28(24(21)30)20-9-7-19(26)8-10-20/h4-10,15,21H,3,11-14H2,1-2H3,(H,27,29). The van der Waals surface area contributed by atoms with Crippen molar-refractivity contribution in [2.45, 2.75) is 33.1 Å². The fourth-order valence-corrected chi connectivity index (χ4v) is 3.95. The van der Waals surface area contributed by atoms with E-state index in [0.717, 1.165) is 23.1 Å². The van der Waals surface area contributed by atoms with Gasteiger partial charge >= 0.3 is 0 Å². The minimum absolute atomic E-state index is 0.242. The summed E-state index contributed by atoms with van der Waals surface area (Å²) in [4.78, 5) is 26.8. The number of rotatable bonds is 7. The van der Waals surface area contributed by atoms with Crippen molar-refractivity contribution in [2.75, 3.05) is 18.0 Å². The fraction of sp³-hybridized carbons (Fsp3) is 0.333. The molecule has 158 valence electrons. The molecule has 1 N–H and O–H groups in total. The van der Waals surface area contributed by atoms with Crippen molar-refractivity contribution in [3.63, 3.8) is 0 Å². The molecule has 4 nitrogen and oxygen atoms in total. The molecule has 1 saturated heterocycles. The van der Waals surface area contributed by atoms with E-state index in [1.165, 1.54) is 12.1 Å². The second-order valence-electron chi connectivity index (χ2n) is 7.45. The highest BCUT2D eigenvalue weighted by molar-refractivity contribution is 6.30. The van der Waals surface area contributed by atoms with Crippen molar-refractivity contribution in [3.8, 4) is 0 Å². The summed E-state index contributed by atoms with van der Waals surface area (Å²) in [7, 11) is 0. The molecule has 1 aliphatic heterocycles. The Balaban J connectivity index is 1.59. The Bertz CT molecular complexity index is 956. The van der Waals surface area contributed by atoms with Gasteiger partial charge in [0.15, 0.2) is 0 Å². The first-order valence-electron chi connectivity index (χ1n) is 10.2. The lowest BCUT2D eigenvalue weighted by Crippen LogP contribution is -2.37. The molecule has 1 heterocycles. The van der Waals surface area contributed by atoms with Crippen LogP contribution in [0.2, 0.25) is 5.02 Å². The number of aryl methyl sites for hydroxylation is 1. The highest BCUT2D eigenvalue weighted by Crippen LogP contribution is 2.27. The van der Waals surface area contributed by atoms with Crippen LogP contribution in [0, 0.1) is 18.7 Å². The van der Waals surface area contributed by atoms with Gasteiger partial charge in [-0.3, -0.25) is 9.59 Å². The predicted octanol–water partition coefficient (Wildman–Crippen LogP) is 5.14. The summed E-state index contributed by atoms with van der Waals surface area (Å²) >= 11 is 6.16. The van der Waals surface area contributed by atoms with E-state index >= 15 is 0 Å². The third-order valence-corrected chi connectivity index (χ3v) is 5.59. The van der Waals surface area contributed by atoms with Gasteiger partial charge < -0.3 is 10.2 Å². The van der Waals surface area contributed by atoms with Gasteiger partial charge in [0.1, 0.15) is 11.7 Å². The Hall–Kier alpha value is -2.66. The number of halogens is 2. The largest absolute Gasteiger partial charge is 0.355 e. The van der Waals surface area contributed by atoms with E-state index < -0.39 is 5.92 Å². The van der Waals surface area contributed by atoms with E-state index in [0.29, 0.717) is 36.6 Å². The van der Waals surface area contributed by atoms with Crippen LogP contribution >= 0.6 is 11.6 Å². The van der Waals surface area contributed by atoms with E-state index in [4.69, 9.17) is 11.6 Å². The summed E-state index contributed by atoms with van der Waals surface area (Å²) in [6, 6.07) is 11.5. The number of nitrogens with one attached hydrogen (secondary N) is 1. The van der Waals surface area contributed by atoms with Gasteiger partial charge in [-0.2, -0.15) is 0 Å². The van der Waals surface area contributed by atoms with E-state index in [1.54, 1.807) is 17.0 Å². The van der Waals surface area contributed by atoms with Crippen LogP contribution in [0.5, 0.6) is 0 Å². The third kappa shape index (κ3) is 5.08. The van der Waals surface area contributed by atoms with Gasteiger partial charge in [-0.15, -0.1) is 0 Å². The number of anilines is 1. The molecule has 3 rings (SSSR count). The summed E-state index contributed by atoms with van der Waals surface area (Å²) in [6.45, 7) is 5.00. The second-order valence-corrected chi connectivity index (χ2v) is 7.88. The van der Waals surface area contributed by atoms with Crippen LogP contribution in [0.4, 0.5) is 10.1 Å². The lowest BCUT2D eigenvalue weighted by Gasteiger charge is -2.17. The maximum atomic E-state index is 13.1. The molecule has 0 bridgehead atoms. The van der Waals surface area contributed by atoms with Crippen LogP contribution in [0.25, 0.3) is 5.57 Å². The molecule has 0 spiro atoms. The van der Waals surface area contributed by atoms with Crippen molar-refractivity contribution in [2.24, 2.45) is 5.92 Å². The smallest absolute Gasteiger partial charge is 0.239 e. The quantitative estimate of drug-likeness (QED) is 0.621. The zero-order valence-corrected chi connectivity index (χ0v) is 18.0. The number of hydrogen-bond acceptors (Lipinski definition) is 2. The number of carbonyl (C=O) groups is 2. The van der Waals surface area contributed by atoms with Gasteiger partial charge in [0, 0.05) is 23.8 Å². The average Bonchev–Trinajstić information content (AvgIpc) is 3.11. The van der Waals surface area contributed by atoms with Crippen LogP contribution in [0.15, 0.2) is 48.5 Å². The Morgan fingerprint density at radius 3 is 2.70 bits per heavy atom. The number of carbonyl (C=O) groups excluding carboxylic acids is 2. The molecule has 6 heteroatoms. The molecule has 0 aliphatic carbocycles. The number of amides is 2. The Kier molecular flexibility index (Phi) is 7.27. The van der Waals surface area contributed by atoms with Crippen LogP contribution in [0.3, 0.4) is 0 Å². The molecule has 0 saturated carbocycles. The molecule has 30 heavy (non-hydrogen) atoms. The van der Waals surface area contributed by atoms with Crippen LogP contribution in [-0.2, 0) is 9.59 Å². The predicted molar refractivity (Wildman–Crippen MR) is 119 cm³/mol. The molecule has 1 fully saturated rings. The topological polar surface area (TPSA) is 49.4 Å². The minimum atomic E-state index is -0.707. The van der Waals surface area contributed by atoms with E-state index in [1.807, 2.05) is 25.1 Å². The lowest BCUT2D eigenvalue weighted by molar-refractivity contribution is -0.132. The monoisotopic (exact) mass is 428 g/mol. The van der Waals surface area contributed by atoms with E-state index in [-0.39, 0.29) is 17.6 Å². The third-order valence-electron chi connectivity index (χ3n) is 5.35. The summed E-state index contributed by atoms with van der Waals surface area (Å²) in [5.74, 6) is -1.57. The van der Waals surface area contributed by atoms with Crippen LogP contribution in [-0.4, -0.2) is 24.9 Å². The minimum Gasteiger partial charge on any atom is -0.355 e. The summed E-state index contributed by atoms with van der Waals surface area (Å²) in [5, 5.41) is 3.59. The molecule has 0 radical (unpaired) electrons. The Labute approximate surface area is 181 Å². The molecule has 2 amide bonds. The number of benzene rings is 2. The molecular weight excluding hydrogens is 403 g/mol. The van der Waals surface area contributed by atoms with Gasteiger partial charge in [-0.05, 0) is 79.3 Å². The SMILES string of the molecule is CCC=C(CCNC(=O)C1CCN(c2ccc(F)cc2)C1=O)c1cc(Cl)ccc1C. The van der Waals surface area contributed by atoms with Crippen LogP contribution in [0.1, 0.15) is 37.3 Å². The second kappa shape index (κ2) is 9.90. The van der Waals surface area contributed by atoms with Gasteiger partial charge in [-0.1, -0.05) is 30.7 Å². The molecule has 2 aromatic carbocycles. The zero-order chi connectivity index (χ0) is 21.7. The molecule has 1 aliphatic rings. The summed E-state index contributed by atoms with van der Waals surface area (Å²) in [6.07, 6.45) is 4.13. The van der Waals surface area contributed by atoms with E-state index in [9.17, 15) is 14.0 Å². The molecular formula is C24H26ClFN2O2. The fourth-order valence-electron chi connectivity index (χ4n) is 3.78. The average molecular weight is 429 g/mol. The first-order chi connectivity index (χ1) is 14.4. The number of nitrogens with zero attached hydrogens (tertiary/aromatic N) is 1. The Morgan fingerprint density at radius 2 is 2.00 bits per heavy atom. The molecule has 1 atom stereocenters. The normalized spacial score (nSPS) is 16.8. The molecule has 2 aromatic rings. The van der Waals surface area contributed by atoms with Crippen molar-refractivity contribution in [1.29, 1.82) is 0 Å². The first kappa shape index (κ1) is 22.0. The van der Waals surface area contributed by atoms with Crippen molar-refractivity contribution < 1.29 is 14.0 Å². The summed E-state index contributed by atoms with van der Waals surface area (Å²) < 4.78 is 13.1. The van der Waals surface area contributed by atoms with Crippen molar-refractivity contribution in [1.82, 2.24) is 5.32 Å². The maximum absolute atomic E-state index is 13.1. The van der Waals surface area contributed by atoms with Gasteiger partial charge in [-0.25, -0.2) is 4.39 Å². The lowest BCUT2D eigenvalue weighted by atomic mass is 9.97. The maximum Gasteiger partial charge on any atom is 0.239 e. The highest BCUT2D eigenvalue weighted by atomic mass is 35.5.